The van der Waals surface area contributed by atoms with Crippen molar-refractivity contribution < 1.29 is 9.90 Å². The molecule has 2 heterocycles. The molecule has 0 radical (unpaired) electrons. The summed E-state index contributed by atoms with van der Waals surface area (Å²) in [5.74, 6) is 1.70. The van der Waals surface area contributed by atoms with Gasteiger partial charge in [-0.05, 0) is 75.1 Å². The summed E-state index contributed by atoms with van der Waals surface area (Å²) in [4.78, 5) is 12.3. The predicted octanol–water partition coefficient (Wildman–Crippen LogP) is 5.39. The first-order chi connectivity index (χ1) is 13.2. The van der Waals surface area contributed by atoms with E-state index >= 15 is 0 Å². The van der Waals surface area contributed by atoms with E-state index < -0.39 is 6.09 Å². The third kappa shape index (κ3) is 3.40. The first-order valence-electron chi connectivity index (χ1n) is 10.8. The highest BCUT2D eigenvalue weighted by Gasteiger charge is 2.37. The van der Waals surface area contributed by atoms with E-state index in [4.69, 9.17) is 0 Å². The van der Waals surface area contributed by atoms with E-state index in [1.807, 2.05) is 18.2 Å². The summed E-state index contributed by atoms with van der Waals surface area (Å²) in [5.41, 5.74) is 3.30. The molecule has 2 N–H and O–H groups in total. The summed E-state index contributed by atoms with van der Waals surface area (Å²) in [7, 11) is 0. The van der Waals surface area contributed by atoms with Crippen LogP contribution in [0.3, 0.4) is 0 Å². The van der Waals surface area contributed by atoms with Crippen LogP contribution in [0.4, 0.5) is 4.79 Å². The zero-order valence-corrected chi connectivity index (χ0v) is 16.4. The molecule has 4 heteroatoms. The lowest BCUT2D eigenvalue weighted by Crippen LogP contribution is -2.35. The molecule has 0 spiro atoms. The van der Waals surface area contributed by atoms with Crippen molar-refractivity contribution in [2.75, 3.05) is 13.1 Å². The number of aryl methyl sites for hydroxylation is 1. The van der Waals surface area contributed by atoms with Crippen LogP contribution in [0.2, 0.25) is 0 Å². The maximum Gasteiger partial charge on any atom is 0.416 e. The van der Waals surface area contributed by atoms with Crippen molar-refractivity contribution in [3.63, 3.8) is 0 Å². The van der Waals surface area contributed by atoms with Crippen LogP contribution in [0.25, 0.3) is 10.9 Å². The van der Waals surface area contributed by atoms with Crippen molar-refractivity contribution >= 4 is 17.0 Å². The molecule has 1 aromatic heterocycles. The number of fused-ring (bicyclic) bond motifs is 3. The van der Waals surface area contributed by atoms with Crippen LogP contribution < -0.4 is 5.32 Å². The number of nitrogens with one attached hydrogen (secondary N) is 1. The molecule has 4 nitrogen and oxygen atoms in total. The zero-order valence-electron chi connectivity index (χ0n) is 16.4. The molecular formula is C23H32N2O2. The highest BCUT2D eigenvalue weighted by Crippen LogP contribution is 2.47. The molecule has 2 aromatic rings. The summed E-state index contributed by atoms with van der Waals surface area (Å²) in [6, 6.07) is 8.09. The van der Waals surface area contributed by atoms with Crippen LogP contribution in [0.1, 0.15) is 69.0 Å². The molecule has 4 rings (SSSR count). The number of carboxylic acid groups (broad SMARTS) is 1. The Kier molecular flexibility index (Phi) is 5.53. The van der Waals surface area contributed by atoms with Gasteiger partial charge in [-0.25, -0.2) is 9.36 Å². The van der Waals surface area contributed by atoms with Crippen molar-refractivity contribution in [1.29, 1.82) is 0 Å². The van der Waals surface area contributed by atoms with Crippen molar-refractivity contribution in [3.8, 4) is 0 Å². The lowest BCUT2D eigenvalue weighted by molar-refractivity contribution is 0.181. The molecule has 27 heavy (non-hydrogen) atoms. The van der Waals surface area contributed by atoms with Gasteiger partial charge in [-0.3, -0.25) is 0 Å². The van der Waals surface area contributed by atoms with Crippen LogP contribution in [0, 0.1) is 11.8 Å². The Morgan fingerprint density at radius 1 is 1.26 bits per heavy atom. The largest absolute Gasteiger partial charge is 0.464 e. The van der Waals surface area contributed by atoms with Gasteiger partial charge >= 0.3 is 6.09 Å². The highest BCUT2D eigenvalue weighted by atomic mass is 16.4. The van der Waals surface area contributed by atoms with Gasteiger partial charge in [0.25, 0.3) is 0 Å². The van der Waals surface area contributed by atoms with Gasteiger partial charge in [0.2, 0.25) is 0 Å². The number of unbranched alkanes of at least 4 members (excludes halogenated alkanes) is 1. The molecular weight excluding hydrogens is 336 g/mol. The van der Waals surface area contributed by atoms with E-state index in [2.05, 4.69) is 18.3 Å². The number of carbonyl (C=O) groups is 1. The summed E-state index contributed by atoms with van der Waals surface area (Å²) >= 11 is 0. The van der Waals surface area contributed by atoms with Gasteiger partial charge in [-0.15, -0.1) is 0 Å². The Labute approximate surface area is 162 Å². The van der Waals surface area contributed by atoms with Gasteiger partial charge in [-0.2, -0.15) is 0 Å². The number of aromatic nitrogens is 1. The summed E-state index contributed by atoms with van der Waals surface area (Å²) in [6.45, 7) is 4.48. The Bertz CT molecular complexity index is 804. The molecule has 1 saturated heterocycles. The van der Waals surface area contributed by atoms with Crippen molar-refractivity contribution in [3.05, 3.63) is 35.5 Å². The van der Waals surface area contributed by atoms with Crippen LogP contribution in [0.15, 0.2) is 24.3 Å². The van der Waals surface area contributed by atoms with Crippen molar-refractivity contribution in [2.45, 2.75) is 64.2 Å². The van der Waals surface area contributed by atoms with Crippen LogP contribution in [-0.2, 0) is 6.42 Å². The SMILES string of the molecule is CCCCC(C1CCNCC1)C1CCCc2c1n(C(=O)O)c1ccccc21. The van der Waals surface area contributed by atoms with Gasteiger partial charge < -0.3 is 10.4 Å². The third-order valence-corrected chi connectivity index (χ3v) is 6.90. The maximum absolute atomic E-state index is 12.3. The minimum atomic E-state index is -0.820. The molecule has 1 aromatic carbocycles. The molecule has 1 aliphatic carbocycles. The first-order valence-corrected chi connectivity index (χ1v) is 10.8. The topological polar surface area (TPSA) is 54.3 Å². The van der Waals surface area contributed by atoms with E-state index in [1.54, 1.807) is 4.57 Å². The number of piperidine rings is 1. The van der Waals surface area contributed by atoms with Crippen LogP contribution in [0.5, 0.6) is 0 Å². The molecule has 2 atom stereocenters. The van der Waals surface area contributed by atoms with E-state index in [1.165, 1.54) is 44.1 Å². The van der Waals surface area contributed by atoms with E-state index in [0.717, 1.165) is 42.5 Å². The van der Waals surface area contributed by atoms with Crippen LogP contribution >= 0.6 is 0 Å². The molecule has 2 unspecified atom stereocenters. The Morgan fingerprint density at radius 3 is 2.78 bits per heavy atom. The second kappa shape index (κ2) is 8.05. The zero-order chi connectivity index (χ0) is 18.8. The highest BCUT2D eigenvalue weighted by molar-refractivity contribution is 5.93. The summed E-state index contributed by atoms with van der Waals surface area (Å²) < 4.78 is 1.63. The average molecular weight is 369 g/mol. The maximum atomic E-state index is 12.3. The number of nitrogens with zero attached hydrogens (tertiary/aromatic N) is 1. The molecule has 146 valence electrons. The number of rotatable bonds is 5. The Hall–Kier alpha value is -1.81. The second-order valence-corrected chi connectivity index (χ2v) is 8.39. The van der Waals surface area contributed by atoms with Crippen molar-refractivity contribution in [2.24, 2.45) is 11.8 Å². The summed E-state index contributed by atoms with van der Waals surface area (Å²) in [5, 5.41) is 14.7. The van der Waals surface area contributed by atoms with Crippen LogP contribution in [-0.4, -0.2) is 28.9 Å². The third-order valence-electron chi connectivity index (χ3n) is 6.90. The molecule has 1 aliphatic heterocycles. The first kappa shape index (κ1) is 18.5. The Balaban J connectivity index is 1.81. The number of benzene rings is 1. The van der Waals surface area contributed by atoms with Gasteiger partial charge in [0, 0.05) is 17.0 Å². The number of hydrogen-bond acceptors (Lipinski definition) is 2. The fraction of sp³-hybridized carbons (Fsp3) is 0.609. The molecule has 2 aliphatic rings. The molecule has 0 saturated carbocycles. The van der Waals surface area contributed by atoms with Crippen molar-refractivity contribution in [1.82, 2.24) is 9.88 Å². The second-order valence-electron chi connectivity index (χ2n) is 8.39. The number of para-hydroxylation sites is 1. The van der Waals surface area contributed by atoms with Gasteiger partial charge in [0.1, 0.15) is 0 Å². The quantitative estimate of drug-likeness (QED) is 0.743. The Morgan fingerprint density at radius 2 is 2.04 bits per heavy atom. The minimum Gasteiger partial charge on any atom is -0.464 e. The molecule has 1 fully saturated rings. The lowest BCUT2D eigenvalue weighted by atomic mass is 9.69. The smallest absolute Gasteiger partial charge is 0.416 e. The lowest BCUT2D eigenvalue weighted by Gasteiger charge is -2.38. The van der Waals surface area contributed by atoms with Gasteiger partial charge in [0.15, 0.2) is 0 Å². The fourth-order valence-corrected chi connectivity index (χ4v) is 5.71. The normalized spacial score (nSPS) is 21.9. The molecule has 0 amide bonds. The van der Waals surface area contributed by atoms with E-state index in [0.29, 0.717) is 17.8 Å². The fourth-order valence-electron chi connectivity index (χ4n) is 5.71. The van der Waals surface area contributed by atoms with Gasteiger partial charge in [0.05, 0.1) is 5.52 Å². The minimum absolute atomic E-state index is 0.381. The summed E-state index contributed by atoms with van der Waals surface area (Å²) in [6.07, 6.45) is 8.65. The van der Waals surface area contributed by atoms with E-state index in [-0.39, 0.29) is 0 Å². The monoisotopic (exact) mass is 368 g/mol. The van der Waals surface area contributed by atoms with E-state index in [9.17, 15) is 9.90 Å². The van der Waals surface area contributed by atoms with Gasteiger partial charge in [-0.1, -0.05) is 38.0 Å². The average Bonchev–Trinajstić information content (AvgIpc) is 3.04. The standard InChI is InChI=1S/C23H32N2O2/c1-2-3-7-17(16-12-14-24-15-13-16)19-9-6-10-20-18-8-4-5-11-21(18)25(22(19)20)23(26)27/h4-5,8,11,16-17,19,24H,2-3,6-7,9-10,12-15H2,1H3,(H,26,27). The molecule has 0 bridgehead atoms. The predicted molar refractivity (Wildman–Crippen MR) is 110 cm³/mol. The number of hydrogen-bond donors (Lipinski definition) is 2.